The number of rotatable bonds is 3. The van der Waals surface area contributed by atoms with Crippen LogP contribution in [0.5, 0.6) is 0 Å². The van der Waals surface area contributed by atoms with Gasteiger partial charge in [0.05, 0.1) is 0 Å². The molecule has 0 aliphatic carbocycles. The lowest BCUT2D eigenvalue weighted by molar-refractivity contribution is 0.805. The fraction of sp³-hybridized carbons (Fsp3) is 0.400. The van der Waals surface area contributed by atoms with E-state index in [2.05, 4.69) is 31.2 Å². The molecule has 2 heteroatoms. The summed E-state index contributed by atoms with van der Waals surface area (Å²) >= 11 is 6.00. The predicted octanol–water partition coefficient (Wildman–Crippen LogP) is 3.41. The van der Waals surface area contributed by atoms with E-state index in [9.17, 15) is 0 Å². The lowest BCUT2D eigenvalue weighted by atomic mass is 10.1. The molecule has 0 aliphatic rings. The molecule has 0 heterocycles. The highest BCUT2D eigenvalue weighted by molar-refractivity contribution is 6.20. The van der Waals surface area contributed by atoms with Crippen LogP contribution in [0.15, 0.2) is 30.3 Å². The van der Waals surface area contributed by atoms with E-state index in [1.165, 1.54) is 5.56 Å². The lowest BCUT2D eigenvalue weighted by Gasteiger charge is -2.04. The van der Waals surface area contributed by atoms with E-state index < -0.39 is 0 Å². The van der Waals surface area contributed by atoms with E-state index in [1.54, 1.807) is 0 Å². The zero-order chi connectivity index (χ0) is 8.10. The average Bonchev–Trinajstić information content (AvgIpc) is 2.06. The molecular weight excluding hydrogens is 170 g/mol. The minimum Gasteiger partial charge on any atom is -0.344 e. The van der Waals surface area contributed by atoms with Crippen LogP contribution in [0.4, 0.5) is 0 Å². The second kappa shape index (κ2) is 6.04. The molecule has 1 aromatic rings. The summed E-state index contributed by atoms with van der Waals surface area (Å²) in [5, 5.41) is 0.289. The molecule has 1 nitrogen and oxygen atoms in total. The Morgan fingerprint density at radius 2 is 1.83 bits per heavy atom. The Labute approximate surface area is 79.3 Å². The maximum atomic E-state index is 6.00. The first-order valence-corrected chi connectivity index (χ1v) is 4.44. The van der Waals surface area contributed by atoms with Crippen LogP contribution in [0.2, 0.25) is 0 Å². The first-order chi connectivity index (χ1) is 5.33. The van der Waals surface area contributed by atoms with E-state index in [0.717, 1.165) is 12.8 Å². The van der Waals surface area contributed by atoms with E-state index in [1.807, 2.05) is 6.07 Å². The molecule has 0 aromatic heterocycles. The average molecular weight is 186 g/mol. The van der Waals surface area contributed by atoms with Gasteiger partial charge in [-0.2, -0.15) is 0 Å². The van der Waals surface area contributed by atoms with Gasteiger partial charge < -0.3 is 6.15 Å². The molecule has 0 spiro atoms. The third-order valence-corrected chi connectivity index (χ3v) is 2.21. The van der Waals surface area contributed by atoms with Gasteiger partial charge in [0.15, 0.2) is 0 Å². The molecule has 0 fully saturated rings. The monoisotopic (exact) mass is 185 g/mol. The first kappa shape index (κ1) is 11.5. The summed E-state index contributed by atoms with van der Waals surface area (Å²) in [6.45, 7) is 2.11. The third kappa shape index (κ3) is 3.74. The van der Waals surface area contributed by atoms with Gasteiger partial charge in [0.25, 0.3) is 0 Å². The van der Waals surface area contributed by atoms with E-state index in [4.69, 9.17) is 11.6 Å². The van der Waals surface area contributed by atoms with Crippen molar-refractivity contribution >= 4 is 11.6 Å². The van der Waals surface area contributed by atoms with Crippen molar-refractivity contribution in [2.24, 2.45) is 0 Å². The van der Waals surface area contributed by atoms with Crippen molar-refractivity contribution in [2.45, 2.75) is 25.1 Å². The van der Waals surface area contributed by atoms with Crippen molar-refractivity contribution in [3.05, 3.63) is 35.9 Å². The van der Waals surface area contributed by atoms with Crippen LogP contribution in [0.1, 0.15) is 18.9 Å². The van der Waals surface area contributed by atoms with E-state index in [-0.39, 0.29) is 11.5 Å². The minimum atomic E-state index is 0. The minimum absolute atomic E-state index is 0. The van der Waals surface area contributed by atoms with Gasteiger partial charge in [0, 0.05) is 5.38 Å². The maximum Gasteiger partial charge on any atom is 0.0373 e. The summed E-state index contributed by atoms with van der Waals surface area (Å²) in [5.41, 5.74) is 1.33. The Bertz CT molecular complexity index is 198. The van der Waals surface area contributed by atoms with Gasteiger partial charge in [0.2, 0.25) is 0 Å². The van der Waals surface area contributed by atoms with Gasteiger partial charge in [-0.25, -0.2) is 0 Å². The normalized spacial score (nSPS) is 11.8. The second-order valence-corrected chi connectivity index (χ2v) is 3.31. The molecule has 0 saturated heterocycles. The molecule has 0 saturated carbocycles. The van der Waals surface area contributed by atoms with Crippen molar-refractivity contribution in [2.75, 3.05) is 0 Å². The van der Waals surface area contributed by atoms with Crippen LogP contribution >= 0.6 is 11.6 Å². The smallest absolute Gasteiger partial charge is 0.0373 e. The second-order valence-electron chi connectivity index (χ2n) is 2.70. The highest BCUT2D eigenvalue weighted by atomic mass is 35.5. The molecule has 1 unspecified atom stereocenters. The lowest BCUT2D eigenvalue weighted by Crippen LogP contribution is -2.00. The fourth-order valence-corrected chi connectivity index (χ4v) is 1.19. The number of halogens is 1. The van der Waals surface area contributed by atoms with E-state index >= 15 is 0 Å². The molecular formula is C10H16ClN. The Morgan fingerprint density at radius 1 is 1.25 bits per heavy atom. The highest BCUT2D eigenvalue weighted by Crippen LogP contribution is 2.10. The molecule has 1 aromatic carbocycles. The van der Waals surface area contributed by atoms with Gasteiger partial charge >= 0.3 is 0 Å². The van der Waals surface area contributed by atoms with Crippen LogP contribution < -0.4 is 6.15 Å². The summed E-state index contributed by atoms with van der Waals surface area (Å²) in [4.78, 5) is 0. The van der Waals surface area contributed by atoms with Gasteiger partial charge in [-0.15, -0.1) is 11.6 Å². The maximum absolute atomic E-state index is 6.00. The van der Waals surface area contributed by atoms with Crippen molar-refractivity contribution < 1.29 is 0 Å². The Morgan fingerprint density at radius 3 is 2.33 bits per heavy atom. The zero-order valence-electron chi connectivity index (χ0n) is 7.46. The summed E-state index contributed by atoms with van der Waals surface area (Å²) in [7, 11) is 0. The van der Waals surface area contributed by atoms with Crippen molar-refractivity contribution in [1.29, 1.82) is 0 Å². The van der Waals surface area contributed by atoms with Gasteiger partial charge in [-0.3, -0.25) is 0 Å². The molecule has 0 bridgehead atoms. The molecule has 0 amide bonds. The molecule has 1 atom stereocenters. The van der Waals surface area contributed by atoms with Crippen molar-refractivity contribution in [3.63, 3.8) is 0 Å². The zero-order valence-corrected chi connectivity index (χ0v) is 8.22. The van der Waals surface area contributed by atoms with E-state index in [0.29, 0.717) is 0 Å². The number of hydrogen-bond acceptors (Lipinski definition) is 1. The first-order valence-electron chi connectivity index (χ1n) is 4.01. The standard InChI is InChI=1S/C10H13Cl.H3N/c1-2-10(11)8-9-6-4-3-5-7-9;/h3-7,10H,2,8H2,1H3;1H3. The van der Waals surface area contributed by atoms with Gasteiger partial charge in [-0.05, 0) is 18.4 Å². The predicted molar refractivity (Wildman–Crippen MR) is 55.1 cm³/mol. The third-order valence-electron chi connectivity index (χ3n) is 1.74. The topological polar surface area (TPSA) is 35.0 Å². The molecule has 0 aliphatic heterocycles. The summed E-state index contributed by atoms with van der Waals surface area (Å²) in [6.07, 6.45) is 2.02. The van der Waals surface area contributed by atoms with Gasteiger partial charge in [0.1, 0.15) is 0 Å². The highest BCUT2D eigenvalue weighted by Gasteiger charge is 2.00. The van der Waals surface area contributed by atoms with Crippen LogP contribution in [-0.4, -0.2) is 5.38 Å². The summed E-state index contributed by atoms with van der Waals surface area (Å²) in [5.74, 6) is 0. The molecule has 12 heavy (non-hydrogen) atoms. The Hall–Kier alpha value is -0.530. The molecule has 1 rings (SSSR count). The number of alkyl halides is 1. The van der Waals surface area contributed by atoms with Gasteiger partial charge in [-0.1, -0.05) is 37.3 Å². The summed E-state index contributed by atoms with van der Waals surface area (Å²) < 4.78 is 0. The molecule has 0 radical (unpaired) electrons. The van der Waals surface area contributed by atoms with Crippen molar-refractivity contribution in [1.82, 2.24) is 6.15 Å². The SMILES string of the molecule is CCC(Cl)Cc1ccccc1.N. The fourth-order valence-electron chi connectivity index (χ4n) is 1.01. The largest absolute Gasteiger partial charge is 0.344 e. The van der Waals surface area contributed by atoms with Crippen LogP contribution in [0, 0.1) is 0 Å². The van der Waals surface area contributed by atoms with Crippen LogP contribution in [-0.2, 0) is 6.42 Å². The Kier molecular flexibility index (Phi) is 5.77. The Balaban J connectivity index is 0.00000121. The number of benzene rings is 1. The van der Waals surface area contributed by atoms with Crippen molar-refractivity contribution in [3.8, 4) is 0 Å². The molecule has 68 valence electrons. The molecule has 3 N–H and O–H groups in total. The van der Waals surface area contributed by atoms with Crippen LogP contribution in [0.3, 0.4) is 0 Å². The quantitative estimate of drug-likeness (QED) is 0.720. The summed E-state index contributed by atoms with van der Waals surface area (Å²) in [6, 6.07) is 10.4. The van der Waals surface area contributed by atoms with Crippen LogP contribution in [0.25, 0.3) is 0 Å². The number of hydrogen-bond donors (Lipinski definition) is 1.